The van der Waals surface area contributed by atoms with Crippen molar-refractivity contribution in [1.29, 1.82) is 0 Å². The van der Waals surface area contributed by atoms with Crippen LogP contribution < -0.4 is 10.6 Å². The van der Waals surface area contributed by atoms with E-state index in [1.54, 1.807) is 0 Å². The average Bonchev–Trinajstić information content (AvgIpc) is 3.97. The van der Waals surface area contributed by atoms with E-state index in [1.165, 1.54) is 28.4 Å². The molecule has 4 heteroatoms. The monoisotopic (exact) mass is 766 g/mol. The molecule has 8 rings (SSSR count). The maximum absolute atomic E-state index is 2.30. The van der Waals surface area contributed by atoms with E-state index in [1.807, 2.05) is 96.3 Å². The maximum atomic E-state index is 2.30. The fourth-order valence-electron chi connectivity index (χ4n) is 5.50. The number of rotatable bonds is 7. The fourth-order valence-corrected chi connectivity index (χ4v) is 8.25. The molecule has 0 N–H and O–H groups in total. The van der Waals surface area contributed by atoms with Gasteiger partial charge in [0.15, 0.2) is 0 Å². The molecule has 0 nitrogen and oxygen atoms in total. The van der Waals surface area contributed by atoms with E-state index < -0.39 is 7.92 Å². The van der Waals surface area contributed by atoms with Crippen LogP contribution >= 0.6 is 7.92 Å². The molecule has 6 aliphatic carbocycles. The van der Waals surface area contributed by atoms with Crippen molar-refractivity contribution in [2.45, 2.75) is 0 Å². The van der Waals surface area contributed by atoms with Gasteiger partial charge in [0.1, 0.15) is 0 Å². The van der Waals surface area contributed by atoms with E-state index in [0.29, 0.717) is 0 Å². The van der Waals surface area contributed by atoms with Crippen LogP contribution in [0.4, 0.5) is 0 Å². The van der Waals surface area contributed by atoms with Crippen LogP contribution in [-0.2, 0) is 51.2 Å². The van der Waals surface area contributed by atoms with Gasteiger partial charge < -0.3 is 0 Å². The van der Waals surface area contributed by atoms with Gasteiger partial charge in [-0.15, -0.1) is 0 Å². The first-order valence-electron chi connectivity index (χ1n) is 15.4. The summed E-state index contributed by atoms with van der Waals surface area (Å²) in [4.78, 5) is 0. The Kier molecular flexibility index (Phi) is 24.4. The second-order valence-corrected chi connectivity index (χ2v) is 12.8. The molecule has 0 atom stereocenters. The Morgan fingerprint density at radius 1 is 0.312 bits per heavy atom. The molecule has 0 saturated heterocycles. The Balaban J connectivity index is 0.000000365. The molecule has 30 radical (unpaired) electrons. The summed E-state index contributed by atoms with van der Waals surface area (Å²) >= 11 is 0. The van der Waals surface area contributed by atoms with E-state index in [2.05, 4.69) is 138 Å². The minimum Gasteiger partial charge on any atom is -0.0622 e. The van der Waals surface area contributed by atoms with Crippen LogP contribution in [0.2, 0.25) is 0 Å². The molecule has 0 amide bonds. The molecule has 0 bridgehead atoms. The van der Waals surface area contributed by atoms with Gasteiger partial charge in [0.25, 0.3) is 0 Å². The van der Waals surface area contributed by atoms with Crippen molar-refractivity contribution in [1.82, 2.24) is 0 Å². The molecule has 0 aliphatic heterocycles. The average molecular weight is 766 g/mol. The van der Waals surface area contributed by atoms with Gasteiger partial charge in [-0.25, -0.2) is 0 Å². The summed E-state index contributed by atoms with van der Waals surface area (Å²) in [6.45, 7) is 0. The van der Waals surface area contributed by atoms with Gasteiger partial charge in [0.2, 0.25) is 0 Å². The predicted octanol–water partition coefficient (Wildman–Crippen LogP) is 8.38. The molecule has 0 aromatic heterocycles. The molecular weight excluding hydrogens is 727 g/mol. The summed E-state index contributed by atoms with van der Waals surface area (Å²) in [6, 6.07) is 22.1. The summed E-state index contributed by atoms with van der Waals surface area (Å²) in [5.74, 6) is 4.12. The molecular formula is C44H39Fe3P+6. The van der Waals surface area contributed by atoms with Crippen molar-refractivity contribution >= 4 is 18.5 Å². The Morgan fingerprint density at radius 3 is 0.771 bits per heavy atom. The molecule has 6 fully saturated rings. The SMILES string of the molecule is [CH]1[CH][CH][CH][CH]1.[CH]1[CH][CH][CH][CH]1.[CH]1[CH][CH][CH][CH]1.[CH]1[CH][CH][C](C(CP(c2ccccc2)c2ccccc2)([C]2[CH][CH][CH][CH]2)[C]2[CH][CH][CH][CH]2)[CH]1.[Fe+2].[Fe+2].[Fe+2]. The van der Waals surface area contributed by atoms with E-state index in [0.717, 1.165) is 6.16 Å². The quantitative estimate of drug-likeness (QED) is 0.197. The van der Waals surface area contributed by atoms with Gasteiger partial charge in [-0.2, -0.15) is 0 Å². The number of benzene rings is 2. The number of hydrogen-bond donors (Lipinski definition) is 0. The maximum Gasteiger partial charge on any atom is 2.00 e. The third-order valence-corrected chi connectivity index (χ3v) is 10.3. The minimum absolute atomic E-state index is 0. The van der Waals surface area contributed by atoms with Crippen LogP contribution in [0.5, 0.6) is 0 Å². The second kappa shape index (κ2) is 26.2. The van der Waals surface area contributed by atoms with Gasteiger partial charge in [-0.1, -0.05) is 60.7 Å². The van der Waals surface area contributed by atoms with Gasteiger partial charge >= 0.3 is 51.2 Å². The smallest absolute Gasteiger partial charge is 0.0622 e. The van der Waals surface area contributed by atoms with Crippen molar-refractivity contribution in [2.75, 3.05) is 6.16 Å². The van der Waals surface area contributed by atoms with Gasteiger partial charge in [-0.05, 0) is 221 Å². The minimum atomic E-state index is -0.553. The second-order valence-electron chi connectivity index (χ2n) is 10.6. The predicted molar refractivity (Wildman–Crippen MR) is 192 cm³/mol. The zero-order chi connectivity index (χ0) is 30.8. The standard InChI is InChI=1S/C29H24P.3C5H5.3Fe/c1-3-19-27(20-4-1)30(28-21-5-2-6-22-28)23-29(24-13-7-8-14-24,25-15-9-10-16-25)26-17-11-12-18-26;3*1-2-4-5-3-1;;;/h1-22H,23H2;3*1-5H;;;/q;;;;3*+2. The molecule has 2 aromatic carbocycles. The van der Waals surface area contributed by atoms with Crippen molar-refractivity contribution in [2.24, 2.45) is 5.41 Å². The third-order valence-electron chi connectivity index (χ3n) is 7.66. The summed E-state index contributed by atoms with van der Waals surface area (Å²) < 4.78 is 0. The van der Waals surface area contributed by atoms with Crippen LogP contribution in [0, 0.1) is 197 Å². The molecule has 6 saturated carbocycles. The summed E-state index contributed by atoms with van der Waals surface area (Å²) in [7, 11) is -0.553. The van der Waals surface area contributed by atoms with Crippen molar-refractivity contribution in [3.05, 3.63) is 252 Å². The zero-order valence-electron chi connectivity index (χ0n) is 26.6. The molecule has 0 spiro atoms. The van der Waals surface area contributed by atoms with E-state index in [-0.39, 0.29) is 56.6 Å². The van der Waals surface area contributed by atoms with Crippen molar-refractivity contribution in [3.63, 3.8) is 0 Å². The topological polar surface area (TPSA) is 0 Å². The van der Waals surface area contributed by atoms with Gasteiger partial charge in [0.05, 0.1) is 0 Å². The zero-order valence-corrected chi connectivity index (χ0v) is 30.8. The first-order valence-corrected chi connectivity index (χ1v) is 16.9. The van der Waals surface area contributed by atoms with Crippen molar-refractivity contribution in [3.8, 4) is 0 Å². The normalized spacial score (nSPS) is 21.1. The molecule has 0 unspecified atom stereocenters. The van der Waals surface area contributed by atoms with Crippen LogP contribution in [0.15, 0.2) is 60.7 Å². The van der Waals surface area contributed by atoms with E-state index in [4.69, 9.17) is 0 Å². The summed E-state index contributed by atoms with van der Waals surface area (Å²) in [5.41, 5.74) is -0.173. The van der Waals surface area contributed by atoms with Crippen LogP contribution in [0.1, 0.15) is 0 Å². The van der Waals surface area contributed by atoms with Crippen LogP contribution in [0.25, 0.3) is 0 Å². The fraction of sp³-hybridized carbons (Fsp3) is 0.0455. The number of hydrogen-bond acceptors (Lipinski definition) is 0. The molecule has 238 valence electrons. The van der Waals surface area contributed by atoms with E-state index in [9.17, 15) is 0 Å². The van der Waals surface area contributed by atoms with Gasteiger partial charge in [0, 0.05) is 0 Å². The van der Waals surface area contributed by atoms with Crippen LogP contribution in [-0.4, -0.2) is 6.16 Å². The first kappa shape index (κ1) is 44.6. The first-order chi connectivity index (χ1) is 22.4. The van der Waals surface area contributed by atoms with Gasteiger partial charge in [-0.3, -0.25) is 0 Å². The Bertz CT molecular complexity index is 873. The summed E-state index contributed by atoms with van der Waals surface area (Å²) in [5, 5.41) is 2.85. The Morgan fingerprint density at radius 2 is 0.542 bits per heavy atom. The van der Waals surface area contributed by atoms with E-state index >= 15 is 0 Å². The third kappa shape index (κ3) is 13.8. The molecule has 48 heavy (non-hydrogen) atoms. The Hall–Kier alpha value is 0.428. The molecule has 0 heterocycles. The largest absolute Gasteiger partial charge is 2.00 e. The summed E-state index contributed by atoms with van der Waals surface area (Å²) in [6.07, 6.45) is 57.8. The van der Waals surface area contributed by atoms with Crippen molar-refractivity contribution < 1.29 is 51.2 Å². The Labute approximate surface area is 330 Å². The molecule has 6 aliphatic rings. The molecule has 2 aromatic rings. The van der Waals surface area contributed by atoms with Crippen LogP contribution in [0.3, 0.4) is 0 Å².